The maximum atomic E-state index is 12.8. The van der Waals surface area contributed by atoms with Crippen LogP contribution in [0.4, 0.5) is 8.78 Å². The van der Waals surface area contributed by atoms with Crippen molar-refractivity contribution in [1.82, 2.24) is 24.3 Å². The van der Waals surface area contributed by atoms with E-state index in [2.05, 4.69) is 15.2 Å². The lowest BCUT2D eigenvalue weighted by Crippen LogP contribution is -2.03. The molecule has 0 aliphatic heterocycles. The number of hydrogen-bond donors (Lipinski definition) is 0. The second kappa shape index (κ2) is 6.78. The van der Waals surface area contributed by atoms with Crippen LogP contribution in [0.5, 0.6) is 5.75 Å². The summed E-state index contributed by atoms with van der Waals surface area (Å²) in [4.78, 5) is 3.95. The van der Waals surface area contributed by atoms with Crippen LogP contribution in [0, 0.1) is 0 Å². The van der Waals surface area contributed by atoms with Crippen molar-refractivity contribution < 1.29 is 13.5 Å². The monoisotopic (exact) mass is 337 g/mol. The summed E-state index contributed by atoms with van der Waals surface area (Å²) in [5, 5.41) is 8.51. The van der Waals surface area contributed by atoms with Crippen LogP contribution in [0.2, 0.25) is 0 Å². The number of methoxy groups -OCH3 is 1. The minimum Gasteiger partial charge on any atom is -0.497 e. The van der Waals surface area contributed by atoms with E-state index in [1.807, 2.05) is 24.3 Å². The molecule has 2 heterocycles. The summed E-state index contributed by atoms with van der Waals surface area (Å²) in [5.41, 5.74) is 0.828. The third-order valence-corrected chi connectivity index (χ3v) is 4.08. The summed E-state index contributed by atoms with van der Waals surface area (Å²) in [6.45, 7) is -2.61. The maximum Gasteiger partial charge on any atom is 0.319 e. The number of thioether (sulfide) groups is 1. The Labute approximate surface area is 135 Å². The van der Waals surface area contributed by atoms with E-state index in [9.17, 15) is 8.78 Å². The lowest BCUT2D eigenvalue weighted by molar-refractivity contribution is 0.0678. The summed E-state index contributed by atoms with van der Waals surface area (Å²) in [6.07, 6.45) is 4.18. The fourth-order valence-electron chi connectivity index (χ4n) is 2.02. The van der Waals surface area contributed by atoms with Gasteiger partial charge in [0.25, 0.3) is 0 Å². The highest BCUT2D eigenvalue weighted by molar-refractivity contribution is 7.98. The van der Waals surface area contributed by atoms with Crippen molar-refractivity contribution in [1.29, 1.82) is 0 Å². The number of ether oxygens (including phenoxy) is 1. The molecule has 23 heavy (non-hydrogen) atoms. The molecule has 0 N–H and O–H groups in total. The van der Waals surface area contributed by atoms with Crippen molar-refractivity contribution in [2.45, 2.75) is 17.5 Å². The van der Waals surface area contributed by atoms with Crippen LogP contribution in [-0.4, -0.2) is 31.4 Å². The van der Waals surface area contributed by atoms with E-state index in [1.54, 1.807) is 18.0 Å². The van der Waals surface area contributed by atoms with Crippen molar-refractivity contribution in [2.75, 3.05) is 7.11 Å². The Balaban J connectivity index is 1.80. The zero-order valence-electron chi connectivity index (χ0n) is 12.1. The summed E-state index contributed by atoms with van der Waals surface area (Å²) in [6, 6.07) is 7.41. The molecule has 120 valence electrons. The molecule has 0 saturated heterocycles. The molecule has 0 atom stereocenters. The van der Waals surface area contributed by atoms with Gasteiger partial charge in [0.15, 0.2) is 5.16 Å². The van der Waals surface area contributed by atoms with Crippen molar-refractivity contribution in [3.8, 4) is 11.4 Å². The Morgan fingerprint density at radius 2 is 2.22 bits per heavy atom. The largest absolute Gasteiger partial charge is 0.497 e. The van der Waals surface area contributed by atoms with Crippen molar-refractivity contribution in [3.63, 3.8) is 0 Å². The Bertz CT molecular complexity index is 789. The minimum absolute atomic E-state index is 0.264. The number of hydrogen-bond acceptors (Lipinski definition) is 5. The highest BCUT2D eigenvalue weighted by Crippen LogP contribution is 2.25. The van der Waals surface area contributed by atoms with Gasteiger partial charge in [0.2, 0.25) is 0 Å². The second-order valence-corrected chi connectivity index (χ2v) is 5.44. The van der Waals surface area contributed by atoms with E-state index in [0.717, 1.165) is 10.3 Å². The first kappa shape index (κ1) is 15.5. The van der Waals surface area contributed by atoms with Gasteiger partial charge >= 0.3 is 6.55 Å². The zero-order valence-corrected chi connectivity index (χ0v) is 13.0. The van der Waals surface area contributed by atoms with Gasteiger partial charge < -0.3 is 4.74 Å². The quantitative estimate of drug-likeness (QED) is 0.647. The van der Waals surface area contributed by atoms with E-state index in [4.69, 9.17) is 4.74 Å². The number of alkyl halides is 2. The fourth-order valence-corrected chi connectivity index (χ4v) is 2.90. The van der Waals surface area contributed by atoms with Gasteiger partial charge in [-0.25, -0.2) is 4.98 Å². The normalized spacial score (nSPS) is 11.1. The molecular weight excluding hydrogens is 324 g/mol. The number of benzene rings is 1. The smallest absolute Gasteiger partial charge is 0.319 e. The van der Waals surface area contributed by atoms with Crippen LogP contribution in [0.15, 0.2) is 48.1 Å². The average molecular weight is 337 g/mol. The van der Waals surface area contributed by atoms with Crippen LogP contribution < -0.4 is 4.74 Å². The van der Waals surface area contributed by atoms with E-state index >= 15 is 0 Å². The molecular formula is C14H13F2N5OS. The van der Waals surface area contributed by atoms with Gasteiger partial charge in [0.1, 0.15) is 17.9 Å². The van der Waals surface area contributed by atoms with Gasteiger partial charge in [-0.1, -0.05) is 17.8 Å². The van der Waals surface area contributed by atoms with Crippen LogP contribution in [0.3, 0.4) is 0 Å². The maximum absolute atomic E-state index is 12.8. The molecule has 6 nitrogen and oxygen atoms in total. The molecule has 9 heteroatoms. The molecule has 0 unspecified atom stereocenters. The van der Waals surface area contributed by atoms with Crippen LogP contribution in [0.25, 0.3) is 5.69 Å². The number of aromatic nitrogens is 5. The molecule has 3 rings (SSSR count). The van der Waals surface area contributed by atoms with Crippen LogP contribution >= 0.6 is 11.8 Å². The first-order chi connectivity index (χ1) is 11.2. The molecule has 1 aromatic carbocycles. The summed E-state index contributed by atoms with van der Waals surface area (Å²) >= 11 is 1.28. The SMILES string of the molecule is COc1cccc(-n2cnnc2SCc2nccn2C(F)F)c1. The predicted octanol–water partition coefficient (Wildman–Crippen LogP) is 3.16. The Morgan fingerprint density at radius 3 is 3.00 bits per heavy atom. The van der Waals surface area contributed by atoms with Gasteiger partial charge in [0.05, 0.1) is 18.6 Å². The molecule has 0 fully saturated rings. The highest BCUT2D eigenvalue weighted by atomic mass is 32.2. The average Bonchev–Trinajstić information content (AvgIpc) is 3.21. The molecule has 0 amide bonds. The van der Waals surface area contributed by atoms with Gasteiger partial charge in [-0.2, -0.15) is 8.78 Å². The van der Waals surface area contributed by atoms with Gasteiger partial charge in [-0.15, -0.1) is 10.2 Å². The zero-order chi connectivity index (χ0) is 16.2. The number of rotatable bonds is 6. The van der Waals surface area contributed by atoms with E-state index in [0.29, 0.717) is 10.9 Å². The molecule has 0 bridgehead atoms. The minimum atomic E-state index is -2.61. The number of halogens is 2. The Kier molecular flexibility index (Phi) is 4.56. The summed E-state index contributed by atoms with van der Waals surface area (Å²) < 4.78 is 33.4. The molecule has 0 radical (unpaired) electrons. The Hall–Kier alpha value is -2.42. The summed E-state index contributed by atoms with van der Waals surface area (Å²) in [7, 11) is 1.59. The lowest BCUT2D eigenvalue weighted by Gasteiger charge is -2.08. The lowest BCUT2D eigenvalue weighted by atomic mass is 10.3. The van der Waals surface area contributed by atoms with E-state index in [1.165, 1.54) is 24.2 Å². The highest BCUT2D eigenvalue weighted by Gasteiger charge is 2.14. The first-order valence-electron chi connectivity index (χ1n) is 6.66. The predicted molar refractivity (Wildman–Crippen MR) is 81.0 cm³/mol. The van der Waals surface area contributed by atoms with Gasteiger partial charge in [-0.05, 0) is 12.1 Å². The third-order valence-electron chi connectivity index (χ3n) is 3.14. The molecule has 2 aromatic heterocycles. The Morgan fingerprint density at radius 1 is 1.35 bits per heavy atom. The molecule has 0 aliphatic carbocycles. The molecule has 3 aromatic rings. The topological polar surface area (TPSA) is 57.8 Å². The van der Waals surface area contributed by atoms with Crippen molar-refractivity contribution in [3.05, 3.63) is 48.8 Å². The summed E-state index contributed by atoms with van der Waals surface area (Å²) in [5.74, 6) is 1.26. The van der Waals surface area contributed by atoms with E-state index < -0.39 is 6.55 Å². The third kappa shape index (κ3) is 3.34. The van der Waals surface area contributed by atoms with Crippen molar-refractivity contribution in [2.24, 2.45) is 0 Å². The van der Waals surface area contributed by atoms with Crippen LogP contribution in [0.1, 0.15) is 12.4 Å². The van der Waals surface area contributed by atoms with Gasteiger partial charge in [0, 0.05) is 18.5 Å². The van der Waals surface area contributed by atoms with Crippen molar-refractivity contribution >= 4 is 11.8 Å². The second-order valence-electron chi connectivity index (χ2n) is 4.50. The molecule has 0 aliphatic rings. The first-order valence-corrected chi connectivity index (χ1v) is 7.64. The fraction of sp³-hybridized carbons (Fsp3) is 0.214. The van der Waals surface area contributed by atoms with Gasteiger partial charge in [-0.3, -0.25) is 9.13 Å². The van der Waals surface area contributed by atoms with Crippen LogP contribution in [-0.2, 0) is 5.75 Å². The number of nitrogens with zero attached hydrogens (tertiary/aromatic N) is 5. The molecule has 0 saturated carbocycles. The standard InChI is InChI=1S/C14H13F2N5OS/c1-22-11-4-2-3-10(7-11)21-9-18-19-14(21)23-8-12-17-5-6-20(12)13(15)16/h2-7,9,13H,8H2,1H3. The number of imidazole rings is 1. The molecule has 0 spiro atoms. The van der Waals surface area contributed by atoms with E-state index in [-0.39, 0.29) is 11.6 Å².